The lowest BCUT2D eigenvalue weighted by molar-refractivity contribution is 0.422. The number of phenols is 1. The Labute approximate surface area is 69.0 Å². The lowest BCUT2D eigenvalue weighted by Crippen LogP contribution is -1.88. The van der Waals surface area contributed by atoms with E-state index in [1.165, 1.54) is 6.08 Å². The van der Waals surface area contributed by atoms with Gasteiger partial charge >= 0.3 is 0 Å². The van der Waals surface area contributed by atoms with Crippen molar-refractivity contribution < 1.29 is 13.9 Å². The zero-order valence-corrected chi connectivity index (χ0v) is 6.35. The Kier molecular flexibility index (Phi) is 2.43. The zero-order chi connectivity index (χ0) is 9.14. The van der Waals surface area contributed by atoms with Crippen molar-refractivity contribution >= 4 is 0 Å². The number of phenolic OH excluding ortho intramolecular Hbond substituents is 1. The molecule has 1 N–H and O–H groups in total. The maximum absolute atomic E-state index is 12.6. The monoisotopic (exact) mass is 170 g/mol. The molecule has 0 bridgehead atoms. The van der Waals surface area contributed by atoms with Crippen LogP contribution in [0.2, 0.25) is 0 Å². The molecule has 0 aliphatic carbocycles. The molecule has 0 aliphatic heterocycles. The van der Waals surface area contributed by atoms with E-state index in [0.29, 0.717) is 6.07 Å². The van der Waals surface area contributed by atoms with Crippen LogP contribution in [-0.4, -0.2) is 5.11 Å². The standard InChI is InChI=1S/C9H8F2O/c1-2-3-6-4-7(10)5-8(11)9(6)12/h2,4-5,12H,1,3H2. The third kappa shape index (κ3) is 1.61. The SMILES string of the molecule is C=CCc1cc(F)cc(F)c1O. The highest BCUT2D eigenvalue weighted by Crippen LogP contribution is 2.22. The summed E-state index contributed by atoms with van der Waals surface area (Å²) < 4.78 is 25.2. The summed E-state index contributed by atoms with van der Waals surface area (Å²) in [5.74, 6) is -2.13. The predicted octanol–water partition coefficient (Wildman–Crippen LogP) is 2.40. The summed E-state index contributed by atoms with van der Waals surface area (Å²) in [6.45, 7) is 3.40. The van der Waals surface area contributed by atoms with Crippen molar-refractivity contribution in [2.75, 3.05) is 0 Å². The molecule has 0 aliphatic rings. The van der Waals surface area contributed by atoms with Crippen molar-refractivity contribution in [2.24, 2.45) is 0 Å². The molecule has 0 atom stereocenters. The molecule has 64 valence electrons. The topological polar surface area (TPSA) is 20.2 Å². The van der Waals surface area contributed by atoms with E-state index in [1.54, 1.807) is 0 Å². The molecule has 0 aromatic heterocycles. The first-order valence-electron chi connectivity index (χ1n) is 3.43. The molecule has 0 spiro atoms. The minimum Gasteiger partial charge on any atom is -0.505 e. The zero-order valence-electron chi connectivity index (χ0n) is 6.35. The molecule has 0 amide bonds. The highest BCUT2D eigenvalue weighted by atomic mass is 19.1. The number of allylic oxidation sites excluding steroid dienone is 1. The largest absolute Gasteiger partial charge is 0.505 e. The van der Waals surface area contributed by atoms with Crippen molar-refractivity contribution in [3.05, 3.63) is 42.0 Å². The van der Waals surface area contributed by atoms with Crippen LogP contribution in [0.4, 0.5) is 8.78 Å². The van der Waals surface area contributed by atoms with E-state index >= 15 is 0 Å². The molecule has 1 aromatic rings. The molecule has 0 saturated heterocycles. The predicted molar refractivity (Wildman–Crippen MR) is 41.9 cm³/mol. The molecule has 0 radical (unpaired) electrons. The highest BCUT2D eigenvalue weighted by Gasteiger charge is 2.07. The van der Waals surface area contributed by atoms with Gasteiger partial charge in [0.05, 0.1) is 0 Å². The van der Waals surface area contributed by atoms with Gasteiger partial charge < -0.3 is 5.11 Å². The van der Waals surface area contributed by atoms with Gasteiger partial charge in [-0.1, -0.05) is 6.08 Å². The van der Waals surface area contributed by atoms with Crippen molar-refractivity contribution in [2.45, 2.75) is 6.42 Å². The number of hydrogen-bond acceptors (Lipinski definition) is 1. The van der Waals surface area contributed by atoms with Crippen molar-refractivity contribution in [3.63, 3.8) is 0 Å². The molecule has 0 fully saturated rings. The fourth-order valence-corrected chi connectivity index (χ4v) is 0.930. The Morgan fingerprint density at radius 3 is 2.67 bits per heavy atom. The van der Waals surface area contributed by atoms with Gasteiger partial charge in [-0.05, 0) is 12.5 Å². The number of hydrogen-bond donors (Lipinski definition) is 1. The van der Waals surface area contributed by atoms with Crippen LogP contribution in [0.15, 0.2) is 24.8 Å². The maximum Gasteiger partial charge on any atom is 0.168 e. The average molecular weight is 170 g/mol. The van der Waals surface area contributed by atoms with Crippen LogP contribution in [-0.2, 0) is 6.42 Å². The maximum atomic E-state index is 12.6. The molecule has 1 nitrogen and oxygen atoms in total. The summed E-state index contributed by atoms with van der Waals surface area (Å²) >= 11 is 0. The van der Waals surface area contributed by atoms with Gasteiger partial charge in [0.25, 0.3) is 0 Å². The third-order valence-electron chi connectivity index (χ3n) is 1.47. The molecule has 3 heteroatoms. The average Bonchev–Trinajstić information content (AvgIpc) is 2.00. The van der Waals surface area contributed by atoms with Crippen LogP contribution in [0.1, 0.15) is 5.56 Å². The summed E-state index contributed by atoms with van der Waals surface area (Å²) in [4.78, 5) is 0. The van der Waals surface area contributed by atoms with Crippen LogP contribution in [0, 0.1) is 11.6 Å². The lowest BCUT2D eigenvalue weighted by Gasteiger charge is -2.02. The third-order valence-corrected chi connectivity index (χ3v) is 1.47. The quantitative estimate of drug-likeness (QED) is 0.675. The van der Waals surface area contributed by atoms with Gasteiger partial charge in [0.15, 0.2) is 11.6 Å². The Bertz CT molecular complexity index is 308. The summed E-state index contributed by atoms with van der Waals surface area (Å²) in [6, 6.07) is 1.72. The van der Waals surface area contributed by atoms with Gasteiger partial charge in [-0.2, -0.15) is 0 Å². The first-order chi connectivity index (χ1) is 5.65. The van der Waals surface area contributed by atoms with E-state index in [1.807, 2.05) is 0 Å². The van der Waals surface area contributed by atoms with E-state index in [2.05, 4.69) is 6.58 Å². The Hall–Kier alpha value is -1.38. The second-order valence-electron chi connectivity index (χ2n) is 2.39. The van der Waals surface area contributed by atoms with Crippen LogP contribution in [0.25, 0.3) is 0 Å². The normalized spacial score (nSPS) is 9.83. The van der Waals surface area contributed by atoms with Gasteiger partial charge in [0.1, 0.15) is 5.82 Å². The molecule has 12 heavy (non-hydrogen) atoms. The minimum atomic E-state index is -0.938. The summed E-state index contributed by atoms with van der Waals surface area (Å²) in [5, 5.41) is 9.06. The first-order valence-corrected chi connectivity index (χ1v) is 3.43. The van der Waals surface area contributed by atoms with Crippen molar-refractivity contribution in [3.8, 4) is 5.75 Å². The Morgan fingerprint density at radius 1 is 1.42 bits per heavy atom. The molecular weight excluding hydrogens is 162 g/mol. The summed E-state index contributed by atoms with van der Waals surface area (Å²) in [7, 11) is 0. The van der Waals surface area contributed by atoms with E-state index in [4.69, 9.17) is 5.11 Å². The molecular formula is C9H8F2O. The van der Waals surface area contributed by atoms with Gasteiger partial charge in [-0.25, -0.2) is 8.78 Å². The number of benzene rings is 1. The van der Waals surface area contributed by atoms with E-state index in [-0.39, 0.29) is 12.0 Å². The van der Waals surface area contributed by atoms with Gasteiger partial charge in [0, 0.05) is 11.6 Å². The summed E-state index contributed by atoms with van der Waals surface area (Å²) in [6.07, 6.45) is 1.72. The van der Waals surface area contributed by atoms with Crippen LogP contribution in [0.3, 0.4) is 0 Å². The second-order valence-corrected chi connectivity index (χ2v) is 2.39. The van der Waals surface area contributed by atoms with Crippen LogP contribution < -0.4 is 0 Å². The highest BCUT2D eigenvalue weighted by molar-refractivity contribution is 5.35. The number of halogens is 2. The van der Waals surface area contributed by atoms with E-state index < -0.39 is 17.4 Å². The minimum absolute atomic E-state index is 0.211. The number of aromatic hydroxyl groups is 1. The van der Waals surface area contributed by atoms with Crippen LogP contribution in [0.5, 0.6) is 5.75 Å². The molecule has 1 aromatic carbocycles. The Balaban J connectivity index is 3.17. The van der Waals surface area contributed by atoms with Crippen molar-refractivity contribution in [1.29, 1.82) is 0 Å². The van der Waals surface area contributed by atoms with Gasteiger partial charge in [-0.3, -0.25) is 0 Å². The molecule has 0 heterocycles. The Morgan fingerprint density at radius 2 is 2.08 bits per heavy atom. The first kappa shape index (κ1) is 8.71. The lowest BCUT2D eigenvalue weighted by atomic mass is 10.1. The van der Waals surface area contributed by atoms with E-state index in [0.717, 1.165) is 6.07 Å². The van der Waals surface area contributed by atoms with E-state index in [9.17, 15) is 8.78 Å². The second kappa shape index (κ2) is 3.34. The summed E-state index contributed by atoms with van der Waals surface area (Å²) in [5.41, 5.74) is 0.211. The molecule has 0 unspecified atom stereocenters. The molecule has 1 rings (SSSR count). The molecule has 0 saturated carbocycles. The number of rotatable bonds is 2. The smallest absolute Gasteiger partial charge is 0.168 e. The van der Waals surface area contributed by atoms with Crippen molar-refractivity contribution in [1.82, 2.24) is 0 Å². The fourth-order valence-electron chi connectivity index (χ4n) is 0.930. The van der Waals surface area contributed by atoms with Gasteiger partial charge in [0.2, 0.25) is 0 Å². The fraction of sp³-hybridized carbons (Fsp3) is 0.111. The van der Waals surface area contributed by atoms with Crippen LogP contribution >= 0.6 is 0 Å². The van der Waals surface area contributed by atoms with Gasteiger partial charge in [-0.15, -0.1) is 6.58 Å².